The van der Waals surface area contributed by atoms with Gasteiger partial charge in [0.15, 0.2) is 0 Å². The first-order chi connectivity index (χ1) is 6.34. The molecule has 0 spiro atoms. The normalized spacial score (nSPS) is 10.2. The Labute approximate surface area is 82.6 Å². The SMILES string of the molecule is Nc1cc[n+](Cc2ccc[se]2)nc1. The van der Waals surface area contributed by atoms with Crippen LogP contribution in [0.1, 0.15) is 4.44 Å². The molecule has 3 nitrogen and oxygen atoms in total. The number of anilines is 1. The summed E-state index contributed by atoms with van der Waals surface area (Å²) in [7, 11) is 0. The predicted octanol–water partition coefficient (Wildman–Crippen LogP) is 0.0566. The molecule has 0 aliphatic carbocycles. The van der Waals surface area contributed by atoms with E-state index in [1.54, 1.807) is 6.20 Å². The maximum absolute atomic E-state index is 5.54. The van der Waals surface area contributed by atoms with E-state index in [1.165, 1.54) is 4.44 Å². The average molecular weight is 239 g/mol. The summed E-state index contributed by atoms with van der Waals surface area (Å²) in [4.78, 5) is 2.21. The van der Waals surface area contributed by atoms with E-state index < -0.39 is 0 Å². The van der Waals surface area contributed by atoms with E-state index in [0.29, 0.717) is 20.2 Å². The van der Waals surface area contributed by atoms with E-state index >= 15 is 0 Å². The summed E-state index contributed by atoms with van der Waals surface area (Å²) in [5.74, 6) is 0. The number of rotatable bonds is 2. The van der Waals surface area contributed by atoms with Crippen LogP contribution in [0.3, 0.4) is 0 Å². The van der Waals surface area contributed by atoms with E-state index in [9.17, 15) is 0 Å². The molecule has 0 aromatic carbocycles. The van der Waals surface area contributed by atoms with E-state index in [2.05, 4.69) is 22.2 Å². The van der Waals surface area contributed by atoms with Gasteiger partial charge in [0.05, 0.1) is 0 Å². The zero-order chi connectivity index (χ0) is 9.10. The molecule has 0 amide bonds. The van der Waals surface area contributed by atoms with Crippen LogP contribution in [0.25, 0.3) is 0 Å². The van der Waals surface area contributed by atoms with Crippen molar-refractivity contribution in [1.82, 2.24) is 5.10 Å². The number of nitrogens with zero attached hydrogens (tertiary/aromatic N) is 2. The zero-order valence-electron chi connectivity index (χ0n) is 7.05. The van der Waals surface area contributed by atoms with Gasteiger partial charge in [-0.15, -0.1) is 0 Å². The van der Waals surface area contributed by atoms with Gasteiger partial charge in [0.2, 0.25) is 0 Å². The van der Waals surface area contributed by atoms with Crippen LogP contribution in [0.5, 0.6) is 0 Å². The van der Waals surface area contributed by atoms with E-state index in [0.717, 1.165) is 6.54 Å². The number of nitrogen functional groups attached to an aromatic ring is 1. The number of nitrogens with two attached hydrogens (primary N) is 1. The molecule has 0 aliphatic rings. The minimum absolute atomic E-state index is 0.524. The molecule has 0 aliphatic heterocycles. The molecule has 0 saturated heterocycles. The van der Waals surface area contributed by atoms with E-state index in [4.69, 9.17) is 5.73 Å². The van der Waals surface area contributed by atoms with Crippen LogP contribution in [-0.2, 0) is 6.54 Å². The molecule has 0 unspecified atom stereocenters. The van der Waals surface area contributed by atoms with E-state index in [-0.39, 0.29) is 0 Å². The van der Waals surface area contributed by atoms with Crippen molar-refractivity contribution < 1.29 is 4.68 Å². The standard InChI is InChI=1S/C9H9N3Se/c10-8-3-4-12(11-6-8)7-9-2-1-5-13-9/h1-6,10H,7H2/p+1. The van der Waals surface area contributed by atoms with Crippen molar-refractivity contribution in [3.05, 3.63) is 40.0 Å². The van der Waals surface area contributed by atoms with Crippen LogP contribution in [0, 0.1) is 0 Å². The fourth-order valence-corrected chi connectivity index (χ4v) is 2.51. The second kappa shape index (κ2) is 3.73. The quantitative estimate of drug-likeness (QED) is 0.594. The first-order valence-electron chi connectivity index (χ1n) is 3.98. The van der Waals surface area contributed by atoms with Crippen molar-refractivity contribution in [3.63, 3.8) is 0 Å². The van der Waals surface area contributed by atoms with Crippen molar-refractivity contribution in [3.8, 4) is 0 Å². The molecule has 66 valence electrons. The average Bonchev–Trinajstić information content (AvgIpc) is 2.62. The van der Waals surface area contributed by atoms with Crippen molar-refractivity contribution in [2.75, 3.05) is 5.73 Å². The van der Waals surface area contributed by atoms with Crippen LogP contribution in [-0.4, -0.2) is 19.6 Å². The van der Waals surface area contributed by atoms with Crippen molar-refractivity contribution in [1.29, 1.82) is 0 Å². The Balaban J connectivity index is 2.15. The molecular formula is C9H10N3Se+. The number of aromatic nitrogens is 2. The molecule has 0 saturated carbocycles. The van der Waals surface area contributed by atoms with Gasteiger partial charge in [-0.1, -0.05) is 0 Å². The predicted molar refractivity (Wildman–Crippen MR) is 51.3 cm³/mol. The molecule has 2 rings (SSSR count). The maximum atomic E-state index is 5.54. The van der Waals surface area contributed by atoms with Crippen LogP contribution in [0.2, 0.25) is 0 Å². The van der Waals surface area contributed by atoms with Gasteiger partial charge in [-0.3, -0.25) is 0 Å². The minimum atomic E-state index is 0.524. The Morgan fingerprint density at radius 3 is 3.00 bits per heavy atom. The van der Waals surface area contributed by atoms with Gasteiger partial charge in [0, 0.05) is 0 Å². The Morgan fingerprint density at radius 2 is 2.38 bits per heavy atom. The third kappa shape index (κ3) is 2.17. The topological polar surface area (TPSA) is 42.8 Å². The Morgan fingerprint density at radius 1 is 1.46 bits per heavy atom. The summed E-state index contributed by atoms with van der Waals surface area (Å²) in [6.45, 7) is 0.882. The summed E-state index contributed by atoms with van der Waals surface area (Å²) in [6, 6.07) is 6.13. The Kier molecular flexibility index (Phi) is 2.43. The van der Waals surface area contributed by atoms with Crippen molar-refractivity contribution in [2.45, 2.75) is 6.54 Å². The third-order valence-electron chi connectivity index (χ3n) is 1.69. The van der Waals surface area contributed by atoms with Gasteiger partial charge in [0.1, 0.15) is 0 Å². The Hall–Kier alpha value is -1.12. The number of hydrogen-bond donors (Lipinski definition) is 1. The summed E-state index contributed by atoms with van der Waals surface area (Å²) in [5.41, 5.74) is 6.24. The monoisotopic (exact) mass is 240 g/mol. The first kappa shape index (κ1) is 8.48. The molecule has 0 atom stereocenters. The fourth-order valence-electron chi connectivity index (χ4n) is 1.05. The van der Waals surface area contributed by atoms with Crippen LogP contribution < -0.4 is 10.4 Å². The molecule has 13 heavy (non-hydrogen) atoms. The molecule has 2 aromatic rings. The molecule has 0 bridgehead atoms. The molecule has 2 N–H and O–H groups in total. The summed E-state index contributed by atoms with van der Waals surface area (Å²) >= 11 is 0.524. The van der Waals surface area contributed by atoms with Crippen LogP contribution in [0.4, 0.5) is 5.69 Å². The second-order valence-electron chi connectivity index (χ2n) is 2.74. The van der Waals surface area contributed by atoms with Gasteiger partial charge in [0.25, 0.3) is 0 Å². The summed E-state index contributed by atoms with van der Waals surface area (Å²) < 4.78 is 3.34. The first-order valence-corrected chi connectivity index (χ1v) is 5.83. The van der Waals surface area contributed by atoms with E-state index in [1.807, 2.05) is 16.9 Å². The van der Waals surface area contributed by atoms with Gasteiger partial charge in [-0.2, -0.15) is 0 Å². The molecule has 0 radical (unpaired) electrons. The molecule has 0 fully saturated rings. The summed E-state index contributed by atoms with van der Waals surface area (Å²) in [5, 5.41) is 4.17. The van der Waals surface area contributed by atoms with Gasteiger partial charge >= 0.3 is 82.2 Å². The van der Waals surface area contributed by atoms with Gasteiger partial charge < -0.3 is 0 Å². The zero-order valence-corrected chi connectivity index (χ0v) is 8.76. The summed E-state index contributed by atoms with van der Waals surface area (Å²) in [6.07, 6.45) is 3.58. The molecule has 4 heteroatoms. The van der Waals surface area contributed by atoms with Gasteiger partial charge in [-0.25, -0.2) is 0 Å². The van der Waals surface area contributed by atoms with Crippen LogP contribution >= 0.6 is 0 Å². The third-order valence-corrected chi connectivity index (χ3v) is 3.50. The molecular weight excluding hydrogens is 229 g/mol. The van der Waals surface area contributed by atoms with Gasteiger partial charge in [-0.05, 0) is 0 Å². The Bertz CT molecular complexity index is 366. The molecule has 2 heterocycles. The number of hydrogen-bond acceptors (Lipinski definition) is 2. The van der Waals surface area contributed by atoms with Crippen LogP contribution in [0.15, 0.2) is 35.5 Å². The fraction of sp³-hybridized carbons (Fsp3) is 0.111. The molecule has 2 aromatic heterocycles. The van der Waals surface area contributed by atoms with Crippen molar-refractivity contribution >= 4 is 20.2 Å². The van der Waals surface area contributed by atoms with Crippen molar-refractivity contribution in [2.24, 2.45) is 0 Å². The second-order valence-corrected chi connectivity index (χ2v) is 4.90.